The van der Waals surface area contributed by atoms with Gasteiger partial charge in [-0.15, -0.1) is 0 Å². The summed E-state index contributed by atoms with van der Waals surface area (Å²) in [6.45, 7) is 1.14. The topological polar surface area (TPSA) is 17.1 Å². The fourth-order valence-corrected chi connectivity index (χ4v) is 0.984. The molecule has 82 valence electrons. The lowest BCUT2D eigenvalue weighted by Crippen LogP contribution is -2.24. The van der Waals surface area contributed by atoms with Gasteiger partial charge >= 0.3 is 6.18 Å². The van der Waals surface area contributed by atoms with Crippen molar-refractivity contribution in [3.63, 3.8) is 0 Å². The molecule has 0 amide bonds. The Balaban J connectivity index is 3.28. The predicted molar refractivity (Wildman–Crippen MR) is 41.5 cm³/mol. The van der Waals surface area contributed by atoms with E-state index in [0.29, 0.717) is 6.07 Å². The minimum Gasteiger partial charge on any atom is -0.284 e. The first-order valence-corrected chi connectivity index (χ1v) is 3.80. The van der Waals surface area contributed by atoms with Crippen molar-refractivity contribution in [3.05, 3.63) is 34.9 Å². The highest BCUT2D eigenvalue weighted by molar-refractivity contribution is 6.00. The van der Waals surface area contributed by atoms with Crippen LogP contribution >= 0.6 is 0 Å². The number of alkyl halides is 3. The van der Waals surface area contributed by atoms with E-state index in [1.54, 1.807) is 0 Å². The van der Waals surface area contributed by atoms with Gasteiger partial charge in [-0.3, -0.25) is 4.79 Å². The monoisotopic (exact) mass is 224 g/mol. The summed E-state index contributed by atoms with van der Waals surface area (Å²) in [5.74, 6) is -4.82. The van der Waals surface area contributed by atoms with E-state index in [1.807, 2.05) is 0 Å². The first kappa shape index (κ1) is 11.6. The fraction of sp³-hybridized carbons (Fsp3) is 0.222. The second kappa shape index (κ2) is 3.60. The zero-order valence-corrected chi connectivity index (χ0v) is 7.45. The number of Topliss-reactive ketones (excluding diaryl/α,β-unsaturated/α-hetero) is 1. The van der Waals surface area contributed by atoms with Gasteiger partial charge in [0.2, 0.25) is 0 Å². The molecule has 1 rings (SSSR count). The minimum absolute atomic E-state index is 0.219. The number of ketones is 1. The van der Waals surface area contributed by atoms with Crippen molar-refractivity contribution in [1.82, 2.24) is 0 Å². The quantitative estimate of drug-likeness (QED) is 0.529. The Labute approximate surface area is 81.5 Å². The molecule has 0 saturated heterocycles. The van der Waals surface area contributed by atoms with Gasteiger partial charge in [-0.1, -0.05) is 0 Å². The molecule has 0 radical (unpaired) electrons. The summed E-state index contributed by atoms with van der Waals surface area (Å²) in [6.07, 6.45) is -5.16. The van der Waals surface area contributed by atoms with Crippen molar-refractivity contribution in [3.8, 4) is 0 Å². The molecule has 15 heavy (non-hydrogen) atoms. The van der Waals surface area contributed by atoms with Crippen molar-refractivity contribution < 1.29 is 26.7 Å². The third kappa shape index (κ3) is 2.31. The Morgan fingerprint density at radius 1 is 1.13 bits per heavy atom. The molecule has 0 heterocycles. The van der Waals surface area contributed by atoms with E-state index in [-0.39, 0.29) is 11.6 Å². The van der Waals surface area contributed by atoms with Gasteiger partial charge < -0.3 is 0 Å². The summed E-state index contributed by atoms with van der Waals surface area (Å²) >= 11 is 0. The van der Waals surface area contributed by atoms with E-state index in [1.165, 1.54) is 0 Å². The lowest BCUT2D eigenvalue weighted by atomic mass is 10.1. The van der Waals surface area contributed by atoms with Crippen LogP contribution in [0, 0.1) is 18.6 Å². The summed E-state index contributed by atoms with van der Waals surface area (Å²) in [7, 11) is 0. The van der Waals surface area contributed by atoms with Crippen LogP contribution in [-0.2, 0) is 0 Å². The van der Waals surface area contributed by atoms with Crippen molar-refractivity contribution in [1.29, 1.82) is 0 Å². The highest BCUT2D eigenvalue weighted by Gasteiger charge is 2.40. The lowest BCUT2D eigenvalue weighted by molar-refractivity contribution is -0.0887. The zero-order chi connectivity index (χ0) is 11.8. The average Bonchev–Trinajstić information content (AvgIpc) is 2.08. The van der Waals surface area contributed by atoms with Gasteiger partial charge in [0.25, 0.3) is 5.78 Å². The normalized spacial score (nSPS) is 11.6. The Bertz CT molecular complexity index is 408. The maximum absolute atomic E-state index is 12.9. The third-order valence-corrected chi connectivity index (χ3v) is 1.75. The van der Waals surface area contributed by atoms with Crippen LogP contribution in [0.2, 0.25) is 0 Å². The molecule has 1 aromatic rings. The van der Waals surface area contributed by atoms with Crippen LogP contribution in [0.25, 0.3) is 0 Å². The lowest BCUT2D eigenvalue weighted by Gasteiger charge is -2.07. The number of carbonyl (C=O) groups excluding carboxylic acids is 1. The number of benzene rings is 1. The van der Waals surface area contributed by atoms with Crippen LogP contribution in [0.4, 0.5) is 22.0 Å². The van der Waals surface area contributed by atoms with E-state index >= 15 is 0 Å². The molecular formula is C9H5F5O. The largest absolute Gasteiger partial charge is 0.454 e. The molecule has 0 unspecified atom stereocenters. The van der Waals surface area contributed by atoms with Gasteiger partial charge in [-0.2, -0.15) is 13.2 Å². The van der Waals surface area contributed by atoms with Gasteiger partial charge in [0.1, 0.15) is 11.6 Å². The molecule has 0 fully saturated rings. The SMILES string of the molecule is Cc1cc(C(=O)C(F)(F)F)c(F)cc1F. The molecular weight excluding hydrogens is 219 g/mol. The van der Waals surface area contributed by atoms with E-state index in [4.69, 9.17) is 0 Å². The Morgan fingerprint density at radius 3 is 2.13 bits per heavy atom. The standard InChI is InChI=1S/C9H5F5O/c1-4-2-5(7(11)3-6(4)10)8(15)9(12,13)14/h2-3H,1H3. The summed E-state index contributed by atoms with van der Waals surface area (Å²) in [4.78, 5) is 10.7. The molecule has 0 aliphatic heterocycles. The van der Waals surface area contributed by atoms with Crippen LogP contribution in [0.1, 0.15) is 15.9 Å². The molecule has 0 bridgehead atoms. The average molecular weight is 224 g/mol. The number of halogens is 5. The van der Waals surface area contributed by atoms with Gasteiger partial charge in [-0.05, 0) is 18.6 Å². The maximum atomic E-state index is 12.9. The predicted octanol–water partition coefficient (Wildman–Crippen LogP) is 3.02. The molecule has 1 aromatic carbocycles. The molecule has 0 spiro atoms. The van der Waals surface area contributed by atoms with Gasteiger partial charge in [-0.25, -0.2) is 8.78 Å². The van der Waals surface area contributed by atoms with Crippen LogP contribution in [-0.4, -0.2) is 12.0 Å². The van der Waals surface area contributed by atoms with Crippen molar-refractivity contribution >= 4 is 5.78 Å². The Kier molecular flexibility index (Phi) is 2.79. The number of hydrogen-bond acceptors (Lipinski definition) is 1. The van der Waals surface area contributed by atoms with E-state index in [9.17, 15) is 26.7 Å². The van der Waals surface area contributed by atoms with E-state index in [0.717, 1.165) is 6.92 Å². The first-order chi connectivity index (χ1) is 6.73. The Hall–Kier alpha value is -1.46. The Morgan fingerprint density at radius 2 is 1.67 bits per heavy atom. The summed E-state index contributed by atoms with van der Waals surface area (Å²) in [5, 5.41) is 0. The van der Waals surface area contributed by atoms with Gasteiger partial charge in [0.15, 0.2) is 0 Å². The van der Waals surface area contributed by atoms with Crippen LogP contribution < -0.4 is 0 Å². The minimum atomic E-state index is -5.16. The number of hydrogen-bond donors (Lipinski definition) is 0. The molecule has 0 aliphatic carbocycles. The third-order valence-electron chi connectivity index (χ3n) is 1.75. The second-order valence-electron chi connectivity index (χ2n) is 2.91. The van der Waals surface area contributed by atoms with Crippen molar-refractivity contribution in [2.75, 3.05) is 0 Å². The number of rotatable bonds is 1. The summed E-state index contributed by atoms with van der Waals surface area (Å²) in [6, 6.07) is 0.800. The van der Waals surface area contributed by atoms with Crippen LogP contribution in [0.5, 0.6) is 0 Å². The fourth-order valence-electron chi connectivity index (χ4n) is 0.984. The highest BCUT2D eigenvalue weighted by Crippen LogP contribution is 2.24. The summed E-state index contributed by atoms with van der Waals surface area (Å²) in [5.41, 5.74) is -1.38. The molecule has 6 heteroatoms. The highest BCUT2D eigenvalue weighted by atomic mass is 19.4. The number of carbonyl (C=O) groups is 1. The molecule has 1 nitrogen and oxygen atoms in total. The van der Waals surface area contributed by atoms with E-state index < -0.39 is 29.2 Å². The first-order valence-electron chi connectivity index (χ1n) is 3.80. The van der Waals surface area contributed by atoms with Gasteiger partial charge in [0.05, 0.1) is 5.56 Å². The molecule has 0 atom stereocenters. The van der Waals surface area contributed by atoms with E-state index in [2.05, 4.69) is 0 Å². The molecule has 0 N–H and O–H groups in total. The zero-order valence-electron chi connectivity index (χ0n) is 7.45. The molecule has 0 aromatic heterocycles. The smallest absolute Gasteiger partial charge is 0.284 e. The summed E-state index contributed by atoms with van der Waals surface area (Å²) < 4.78 is 61.3. The van der Waals surface area contributed by atoms with Gasteiger partial charge in [0, 0.05) is 6.07 Å². The number of aryl methyl sites for hydroxylation is 1. The maximum Gasteiger partial charge on any atom is 0.454 e. The van der Waals surface area contributed by atoms with Crippen LogP contribution in [0.3, 0.4) is 0 Å². The van der Waals surface area contributed by atoms with Crippen molar-refractivity contribution in [2.45, 2.75) is 13.1 Å². The second-order valence-corrected chi connectivity index (χ2v) is 2.91. The molecule has 0 aliphatic rings. The van der Waals surface area contributed by atoms with Crippen molar-refractivity contribution in [2.24, 2.45) is 0 Å². The molecule has 0 saturated carbocycles. The van der Waals surface area contributed by atoms with Crippen LogP contribution in [0.15, 0.2) is 12.1 Å².